The van der Waals surface area contributed by atoms with E-state index in [4.69, 9.17) is 5.73 Å². The second-order valence-electron chi connectivity index (χ2n) is 4.75. The lowest BCUT2D eigenvalue weighted by atomic mass is 10.1. The van der Waals surface area contributed by atoms with Crippen LogP contribution in [0.15, 0.2) is 36.4 Å². The number of amides is 1. The van der Waals surface area contributed by atoms with E-state index in [9.17, 15) is 13.6 Å². The Hall–Kier alpha value is -2.63. The zero-order chi connectivity index (χ0) is 15.6. The molecule has 2 rings (SSSR count). The van der Waals surface area contributed by atoms with E-state index in [-0.39, 0.29) is 0 Å². The molecule has 110 valence electrons. The molecular weight excluding hydrogens is 276 g/mol. The van der Waals surface area contributed by atoms with E-state index in [0.29, 0.717) is 5.69 Å². The average molecular weight is 291 g/mol. The molecule has 6 heteroatoms. The van der Waals surface area contributed by atoms with E-state index in [1.165, 1.54) is 0 Å². The number of carbonyl (C=O) groups excluding carboxylic acids is 1. The Morgan fingerprint density at radius 2 is 1.76 bits per heavy atom. The van der Waals surface area contributed by atoms with Gasteiger partial charge in [0.15, 0.2) is 5.82 Å². The van der Waals surface area contributed by atoms with Crippen molar-refractivity contribution in [1.82, 2.24) is 0 Å². The van der Waals surface area contributed by atoms with E-state index in [1.807, 2.05) is 19.0 Å². The predicted octanol–water partition coefficient (Wildman–Crippen LogP) is 2.87. The highest BCUT2D eigenvalue weighted by Gasteiger charge is 2.16. The molecule has 0 aliphatic heterocycles. The van der Waals surface area contributed by atoms with Gasteiger partial charge in [-0.3, -0.25) is 4.79 Å². The molecule has 0 aliphatic carbocycles. The maximum absolute atomic E-state index is 13.7. The van der Waals surface area contributed by atoms with Gasteiger partial charge in [-0.05, 0) is 36.4 Å². The minimum Gasteiger partial charge on any atom is -0.396 e. The third-order valence-electron chi connectivity index (χ3n) is 2.95. The van der Waals surface area contributed by atoms with Crippen LogP contribution < -0.4 is 16.0 Å². The first-order valence-electron chi connectivity index (χ1n) is 6.21. The van der Waals surface area contributed by atoms with Crippen LogP contribution in [0.2, 0.25) is 0 Å². The van der Waals surface area contributed by atoms with Crippen LogP contribution in [0.5, 0.6) is 0 Å². The number of nitrogens with two attached hydrogens (primary N) is 1. The lowest BCUT2D eigenvalue weighted by Gasteiger charge is -2.13. The van der Waals surface area contributed by atoms with Gasteiger partial charge < -0.3 is 16.0 Å². The van der Waals surface area contributed by atoms with E-state index >= 15 is 0 Å². The number of halogens is 2. The van der Waals surface area contributed by atoms with Gasteiger partial charge >= 0.3 is 0 Å². The van der Waals surface area contributed by atoms with Gasteiger partial charge in [0.2, 0.25) is 0 Å². The molecule has 0 fully saturated rings. The first-order chi connectivity index (χ1) is 9.88. The number of rotatable bonds is 3. The molecule has 0 saturated carbocycles. The van der Waals surface area contributed by atoms with E-state index in [0.717, 1.165) is 17.8 Å². The molecule has 0 bridgehead atoms. The minimum absolute atomic E-state index is 0.400. The molecule has 0 aliphatic rings. The normalized spacial score (nSPS) is 10.3. The smallest absolute Gasteiger partial charge is 0.258 e. The van der Waals surface area contributed by atoms with E-state index in [2.05, 4.69) is 5.32 Å². The van der Waals surface area contributed by atoms with Crippen molar-refractivity contribution < 1.29 is 13.6 Å². The van der Waals surface area contributed by atoms with Crippen molar-refractivity contribution in [2.45, 2.75) is 0 Å². The van der Waals surface area contributed by atoms with Gasteiger partial charge in [0.25, 0.3) is 5.91 Å². The van der Waals surface area contributed by atoms with Crippen LogP contribution in [0.25, 0.3) is 0 Å². The van der Waals surface area contributed by atoms with Gasteiger partial charge in [-0.15, -0.1) is 0 Å². The molecular formula is C15H15F2N3O. The number of nitrogens with one attached hydrogen (secondary N) is 1. The van der Waals surface area contributed by atoms with Crippen molar-refractivity contribution in [3.8, 4) is 0 Å². The molecule has 4 nitrogen and oxygen atoms in total. The van der Waals surface area contributed by atoms with Crippen LogP contribution in [0.4, 0.5) is 25.8 Å². The van der Waals surface area contributed by atoms with Gasteiger partial charge in [-0.2, -0.15) is 0 Å². The maximum Gasteiger partial charge on any atom is 0.258 e. The number of nitrogen functional groups attached to an aromatic ring is 1. The highest BCUT2D eigenvalue weighted by atomic mass is 19.1. The fourth-order valence-electron chi connectivity index (χ4n) is 1.82. The van der Waals surface area contributed by atoms with Crippen LogP contribution in [-0.4, -0.2) is 20.0 Å². The van der Waals surface area contributed by atoms with Crippen molar-refractivity contribution in [1.29, 1.82) is 0 Å². The summed E-state index contributed by atoms with van der Waals surface area (Å²) in [4.78, 5) is 13.9. The fourth-order valence-corrected chi connectivity index (χ4v) is 1.82. The third-order valence-corrected chi connectivity index (χ3v) is 2.95. The van der Waals surface area contributed by atoms with E-state index in [1.54, 1.807) is 24.3 Å². The molecule has 0 unspecified atom stereocenters. The average Bonchev–Trinajstić information content (AvgIpc) is 2.43. The Kier molecular flexibility index (Phi) is 4.07. The molecule has 2 aromatic carbocycles. The van der Waals surface area contributed by atoms with Gasteiger partial charge in [0.1, 0.15) is 5.82 Å². The summed E-state index contributed by atoms with van der Waals surface area (Å²) >= 11 is 0. The van der Waals surface area contributed by atoms with Crippen LogP contribution in [0.3, 0.4) is 0 Å². The summed E-state index contributed by atoms with van der Waals surface area (Å²) in [5, 5.41) is 2.50. The Labute approximate surface area is 121 Å². The maximum atomic E-state index is 13.7. The molecule has 0 atom stereocenters. The second kappa shape index (κ2) is 5.78. The monoisotopic (exact) mass is 291 g/mol. The summed E-state index contributed by atoms with van der Waals surface area (Å²) in [6.45, 7) is 0. The van der Waals surface area contributed by atoms with Crippen LogP contribution in [0.1, 0.15) is 10.4 Å². The number of carbonyl (C=O) groups is 1. The highest BCUT2D eigenvalue weighted by Crippen LogP contribution is 2.20. The molecule has 0 radical (unpaired) electrons. The largest absolute Gasteiger partial charge is 0.396 e. The summed E-state index contributed by atoms with van der Waals surface area (Å²) in [5.74, 6) is -2.45. The quantitative estimate of drug-likeness (QED) is 0.855. The molecule has 0 heterocycles. The number of anilines is 3. The van der Waals surface area contributed by atoms with Gasteiger partial charge in [0.05, 0.1) is 11.3 Å². The highest BCUT2D eigenvalue weighted by molar-refractivity contribution is 6.05. The Bertz CT molecular complexity index is 669. The molecule has 0 saturated heterocycles. The van der Waals surface area contributed by atoms with Crippen LogP contribution >= 0.6 is 0 Å². The number of hydrogen-bond donors (Lipinski definition) is 2. The molecule has 1 amide bonds. The predicted molar refractivity (Wildman–Crippen MR) is 79.5 cm³/mol. The summed E-state index contributed by atoms with van der Waals surface area (Å²) in [6.07, 6.45) is 0. The summed E-state index contributed by atoms with van der Waals surface area (Å²) in [7, 11) is 3.77. The summed E-state index contributed by atoms with van der Waals surface area (Å²) < 4.78 is 27.0. The first kappa shape index (κ1) is 14.8. The van der Waals surface area contributed by atoms with Crippen molar-refractivity contribution in [3.05, 3.63) is 53.6 Å². The van der Waals surface area contributed by atoms with Crippen molar-refractivity contribution >= 4 is 23.0 Å². The van der Waals surface area contributed by atoms with Crippen molar-refractivity contribution in [2.24, 2.45) is 0 Å². The summed E-state index contributed by atoms with van der Waals surface area (Å²) in [6, 6.07) is 8.59. The lowest BCUT2D eigenvalue weighted by Crippen LogP contribution is -2.15. The Morgan fingerprint density at radius 1 is 1.14 bits per heavy atom. The molecule has 21 heavy (non-hydrogen) atoms. The van der Waals surface area contributed by atoms with Gasteiger partial charge in [0, 0.05) is 25.5 Å². The SMILES string of the molecule is CN(C)c1ccc(NC(=O)c2cc(F)cc(N)c2F)cc1. The van der Waals surface area contributed by atoms with Crippen LogP contribution in [-0.2, 0) is 0 Å². The zero-order valence-corrected chi connectivity index (χ0v) is 11.7. The topological polar surface area (TPSA) is 58.4 Å². The first-order valence-corrected chi connectivity index (χ1v) is 6.21. The molecule has 3 N–H and O–H groups in total. The van der Waals surface area contributed by atoms with E-state index < -0.39 is 28.8 Å². The number of nitrogens with zero attached hydrogens (tertiary/aromatic N) is 1. The van der Waals surface area contributed by atoms with Crippen LogP contribution in [0, 0.1) is 11.6 Å². The number of benzene rings is 2. The minimum atomic E-state index is -0.932. The Balaban J connectivity index is 2.22. The van der Waals surface area contributed by atoms with Crippen molar-refractivity contribution in [3.63, 3.8) is 0 Å². The van der Waals surface area contributed by atoms with Gasteiger partial charge in [-0.25, -0.2) is 8.78 Å². The fraction of sp³-hybridized carbons (Fsp3) is 0.133. The van der Waals surface area contributed by atoms with Crippen molar-refractivity contribution in [2.75, 3.05) is 30.0 Å². The standard InChI is InChI=1S/C15H15F2N3O/c1-20(2)11-5-3-10(4-6-11)19-15(21)12-7-9(16)8-13(18)14(12)17/h3-8H,18H2,1-2H3,(H,19,21). The zero-order valence-electron chi connectivity index (χ0n) is 11.7. The van der Waals surface area contributed by atoms with Gasteiger partial charge in [-0.1, -0.05) is 0 Å². The Morgan fingerprint density at radius 3 is 2.33 bits per heavy atom. The third kappa shape index (κ3) is 3.28. The lowest BCUT2D eigenvalue weighted by molar-refractivity contribution is 0.102. The molecule has 0 aromatic heterocycles. The number of hydrogen-bond acceptors (Lipinski definition) is 3. The molecule has 0 spiro atoms. The second-order valence-corrected chi connectivity index (χ2v) is 4.75. The molecule has 2 aromatic rings. The summed E-state index contributed by atoms with van der Waals surface area (Å²) in [5.41, 5.74) is 5.91.